The van der Waals surface area contributed by atoms with Gasteiger partial charge in [0.1, 0.15) is 26.9 Å². The summed E-state index contributed by atoms with van der Waals surface area (Å²) in [4.78, 5) is 9.14. The van der Waals surface area contributed by atoms with E-state index in [-0.39, 0.29) is 4.90 Å². The van der Waals surface area contributed by atoms with E-state index in [2.05, 4.69) is 20.6 Å². The molecule has 6 nitrogen and oxygen atoms in total. The Bertz CT molecular complexity index is 986. The van der Waals surface area contributed by atoms with Crippen molar-refractivity contribution in [2.24, 2.45) is 0 Å². The lowest BCUT2D eigenvalue weighted by Crippen LogP contribution is -2.02. The van der Waals surface area contributed by atoms with Gasteiger partial charge in [0.15, 0.2) is 15.0 Å². The van der Waals surface area contributed by atoms with Crippen LogP contribution in [0.4, 0.5) is 21.0 Å². The zero-order valence-corrected chi connectivity index (χ0v) is 13.9. The average molecular weight is 352 g/mol. The van der Waals surface area contributed by atoms with Crippen LogP contribution >= 0.6 is 11.3 Å². The van der Waals surface area contributed by atoms with E-state index in [0.717, 1.165) is 27.8 Å². The number of aromatic nitrogens is 2. The van der Waals surface area contributed by atoms with Crippen molar-refractivity contribution < 1.29 is 12.8 Å². The zero-order valence-electron chi connectivity index (χ0n) is 12.3. The lowest BCUT2D eigenvalue weighted by molar-refractivity contribution is 0.571. The molecule has 0 aliphatic rings. The Labute approximate surface area is 136 Å². The molecule has 0 unspecified atom stereocenters. The second kappa shape index (κ2) is 5.74. The van der Waals surface area contributed by atoms with Gasteiger partial charge in [0.25, 0.3) is 0 Å². The molecule has 0 saturated carbocycles. The van der Waals surface area contributed by atoms with Crippen LogP contribution in [-0.2, 0) is 9.84 Å². The summed E-state index contributed by atoms with van der Waals surface area (Å²) in [5, 5.41) is 6.67. The number of benzene rings is 1. The first kappa shape index (κ1) is 15.6. The van der Waals surface area contributed by atoms with Crippen molar-refractivity contribution in [1.82, 2.24) is 9.97 Å². The van der Waals surface area contributed by atoms with E-state index < -0.39 is 15.7 Å². The van der Waals surface area contributed by atoms with Crippen LogP contribution in [-0.4, -0.2) is 31.7 Å². The van der Waals surface area contributed by atoms with E-state index in [9.17, 15) is 12.8 Å². The third-order valence-corrected chi connectivity index (χ3v) is 5.19. The molecule has 2 heterocycles. The molecule has 0 bridgehead atoms. The molecule has 0 saturated heterocycles. The molecule has 3 aromatic rings. The van der Waals surface area contributed by atoms with E-state index in [1.807, 2.05) is 6.07 Å². The Kier molecular flexibility index (Phi) is 3.90. The van der Waals surface area contributed by atoms with Gasteiger partial charge in [-0.05, 0) is 30.3 Å². The fourth-order valence-corrected chi connectivity index (χ4v) is 3.54. The summed E-state index contributed by atoms with van der Waals surface area (Å²) < 4.78 is 36.7. The number of hydrogen-bond acceptors (Lipinski definition) is 7. The first-order valence-corrected chi connectivity index (χ1v) is 9.29. The van der Waals surface area contributed by atoms with Crippen molar-refractivity contribution in [3.8, 4) is 0 Å². The maximum atomic E-state index is 13.9. The van der Waals surface area contributed by atoms with Crippen molar-refractivity contribution in [1.29, 1.82) is 0 Å². The molecule has 2 N–H and O–H groups in total. The number of nitrogens with zero attached hydrogens (tertiary/aromatic N) is 2. The predicted octanol–water partition coefficient (Wildman–Crippen LogP) is 3.02. The third kappa shape index (κ3) is 3.25. The fourth-order valence-electron chi connectivity index (χ4n) is 2.02. The van der Waals surface area contributed by atoms with Crippen LogP contribution in [0.3, 0.4) is 0 Å². The highest BCUT2D eigenvalue weighted by molar-refractivity contribution is 7.90. The largest absolute Gasteiger partial charge is 0.365 e. The van der Waals surface area contributed by atoms with Gasteiger partial charge < -0.3 is 10.6 Å². The summed E-state index contributed by atoms with van der Waals surface area (Å²) in [7, 11) is -1.80. The quantitative estimate of drug-likeness (QED) is 0.751. The number of anilines is 3. The molecular weight excluding hydrogens is 339 g/mol. The molecule has 0 aliphatic heterocycles. The number of hydrogen-bond donors (Lipinski definition) is 2. The van der Waals surface area contributed by atoms with Crippen LogP contribution in [0.5, 0.6) is 0 Å². The molecule has 0 spiro atoms. The van der Waals surface area contributed by atoms with E-state index >= 15 is 0 Å². The fraction of sp³-hybridized carbons (Fsp3) is 0.143. The standard InChI is InChI=1S/C14H13FN4O2S2/c1-16-14-18-10-4-6-12(19-13(10)22-14)17-8-3-5-11(9(15)7-8)23(2,20)21/h3-7H,1-2H3,(H,16,18)(H,17,19). The molecule has 2 aromatic heterocycles. The van der Waals surface area contributed by atoms with Crippen molar-refractivity contribution in [2.75, 3.05) is 23.9 Å². The summed E-state index contributed by atoms with van der Waals surface area (Å²) in [6, 6.07) is 7.40. The number of pyridine rings is 1. The van der Waals surface area contributed by atoms with Crippen molar-refractivity contribution >= 4 is 48.2 Å². The summed E-state index contributed by atoms with van der Waals surface area (Å²) in [5.74, 6) is -0.274. The van der Waals surface area contributed by atoms with Gasteiger partial charge in [0.2, 0.25) is 0 Å². The SMILES string of the molecule is CNc1nc2ccc(Nc3ccc(S(C)(=O)=O)c(F)c3)nc2s1. The Morgan fingerprint density at radius 1 is 1.17 bits per heavy atom. The molecule has 1 aromatic carbocycles. The monoisotopic (exact) mass is 352 g/mol. The van der Waals surface area contributed by atoms with Crippen LogP contribution in [0.1, 0.15) is 0 Å². The minimum absolute atomic E-state index is 0.326. The first-order chi connectivity index (χ1) is 10.9. The van der Waals surface area contributed by atoms with Crippen LogP contribution in [0.25, 0.3) is 10.3 Å². The van der Waals surface area contributed by atoms with Gasteiger partial charge in [0.05, 0.1) is 0 Å². The Balaban J connectivity index is 1.91. The van der Waals surface area contributed by atoms with Crippen LogP contribution in [0.15, 0.2) is 35.2 Å². The Morgan fingerprint density at radius 3 is 2.61 bits per heavy atom. The van der Waals surface area contributed by atoms with E-state index in [4.69, 9.17) is 0 Å². The number of nitrogens with one attached hydrogen (secondary N) is 2. The summed E-state index contributed by atoms with van der Waals surface area (Å²) in [6.07, 6.45) is 0.969. The number of rotatable bonds is 4. The molecule has 120 valence electrons. The molecule has 0 fully saturated rings. The van der Waals surface area contributed by atoms with Gasteiger partial charge in [-0.25, -0.2) is 22.8 Å². The van der Waals surface area contributed by atoms with Gasteiger partial charge >= 0.3 is 0 Å². The highest BCUT2D eigenvalue weighted by Crippen LogP contribution is 2.27. The molecule has 0 radical (unpaired) electrons. The molecular formula is C14H13FN4O2S2. The number of halogens is 1. The van der Waals surface area contributed by atoms with Gasteiger partial charge in [-0.2, -0.15) is 0 Å². The van der Waals surface area contributed by atoms with Crippen LogP contribution in [0, 0.1) is 5.82 Å². The predicted molar refractivity (Wildman–Crippen MR) is 89.8 cm³/mol. The summed E-state index contributed by atoms with van der Waals surface area (Å²) >= 11 is 1.40. The van der Waals surface area contributed by atoms with E-state index in [0.29, 0.717) is 11.5 Å². The lowest BCUT2D eigenvalue weighted by atomic mass is 10.3. The zero-order chi connectivity index (χ0) is 16.6. The third-order valence-electron chi connectivity index (χ3n) is 3.07. The Hall–Kier alpha value is -2.26. The van der Waals surface area contributed by atoms with Crippen LogP contribution < -0.4 is 10.6 Å². The summed E-state index contributed by atoms with van der Waals surface area (Å²) in [6.45, 7) is 0. The number of fused-ring (bicyclic) bond motifs is 1. The van der Waals surface area contributed by atoms with Crippen molar-refractivity contribution in [2.45, 2.75) is 4.90 Å². The Morgan fingerprint density at radius 2 is 1.96 bits per heavy atom. The second-order valence-electron chi connectivity index (χ2n) is 4.83. The molecule has 3 rings (SSSR count). The van der Waals surface area contributed by atoms with Gasteiger partial charge in [0, 0.05) is 19.0 Å². The van der Waals surface area contributed by atoms with Crippen LogP contribution in [0.2, 0.25) is 0 Å². The normalized spacial score (nSPS) is 11.6. The van der Waals surface area contributed by atoms with E-state index in [1.54, 1.807) is 13.1 Å². The maximum absolute atomic E-state index is 13.9. The maximum Gasteiger partial charge on any atom is 0.185 e. The van der Waals surface area contributed by atoms with Crippen molar-refractivity contribution in [3.63, 3.8) is 0 Å². The van der Waals surface area contributed by atoms with Gasteiger partial charge in [-0.15, -0.1) is 0 Å². The second-order valence-corrected chi connectivity index (χ2v) is 7.79. The number of thiazole rings is 1. The first-order valence-electron chi connectivity index (χ1n) is 6.59. The summed E-state index contributed by atoms with van der Waals surface area (Å²) in [5.41, 5.74) is 1.18. The smallest absolute Gasteiger partial charge is 0.185 e. The van der Waals surface area contributed by atoms with Crippen molar-refractivity contribution in [3.05, 3.63) is 36.1 Å². The molecule has 0 aliphatic carbocycles. The minimum atomic E-state index is -3.58. The van der Waals surface area contributed by atoms with Gasteiger partial charge in [-0.3, -0.25) is 0 Å². The molecule has 9 heteroatoms. The van der Waals surface area contributed by atoms with E-state index in [1.165, 1.54) is 23.5 Å². The molecule has 0 amide bonds. The highest BCUT2D eigenvalue weighted by Gasteiger charge is 2.14. The number of sulfone groups is 1. The highest BCUT2D eigenvalue weighted by atomic mass is 32.2. The van der Waals surface area contributed by atoms with Gasteiger partial charge in [-0.1, -0.05) is 11.3 Å². The topological polar surface area (TPSA) is 84.0 Å². The molecule has 23 heavy (non-hydrogen) atoms. The minimum Gasteiger partial charge on any atom is -0.365 e. The molecule has 0 atom stereocenters. The average Bonchev–Trinajstić information content (AvgIpc) is 2.88. The lowest BCUT2D eigenvalue weighted by Gasteiger charge is -2.07.